The highest BCUT2D eigenvalue weighted by Crippen LogP contribution is 2.03. The predicted molar refractivity (Wildman–Crippen MR) is 46.2 cm³/mol. The lowest BCUT2D eigenvalue weighted by molar-refractivity contribution is 0.824. The van der Waals surface area contributed by atoms with Crippen molar-refractivity contribution >= 4 is 21.5 Å². The molecule has 9 heavy (non-hydrogen) atoms. The van der Waals surface area contributed by atoms with E-state index in [2.05, 4.69) is 0 Å². The maximum atomic E-state index is 5.54. The van der Waals surface area contributed by atoms with E-state index in [0.29, 0.717) is 0 Å². The molecule has 52 valence electrons. The summed E-state index contributed by atoms with van der Waals surface area (Å²) in [6, 6.07) is 9.44. The molecule has 0 aliphatic carbocycles. The molecule has 1 aromatic rings. The van der Waals surface area contributed by atoms with Crippen LogP contribution in [0, 0.1) is 0 Å². The summed E-state index contributed by atoms with van der Waals surface area (Å²) in [6.07, 6.45) is 0. The molecule has 1 rings (SSSR count). The lowest BCUT2D eigenvalue weighted by Gasteiger charge is -1.80. The molecule has 1 nitrogen and oxygen atoms in total. The zero-order chi connectivity index (χ0) is 5.11. The van der Waals surface area contributed by atoms with Crippen LogP contribution in [0.4, 0.5) is 0 Å². The van der Waals surface area contributed by atoms with E-state index in [1.54, 1.807) is 0 Å². The molecule has 0 spiro atoms. The van der Waals surface area contributed by atoms with E-state index >= 15 is 0 Å². The Bertz CT molecular complexity index is 143. The van der Waals surface area contributed by atoms with Gasteiger partial charge in [-0.05, 0) is 12.1 Å². The van der Waals surface area contributed by atoms with Gasteiger partial charge >= 0.3 is 0 Å². The van der Waals surface area contributed by atoms with E-state index < -0.39 is 0 Å². The molecule has 1 atom stereocenters. The summed E-state index contributed by atoms with van der Waals surface area (Å²) in [5, 5.41) is 0.794. The first-order valence-corrected chi connectivity index (χ1v) is 2.48. The number of benzene rings is 1. The molecule has 0 saturated heterocycles. The molecule has 0 heterocycles. The van der Waals surface area contributed by atoms with E-state index in [4.69, 9.17) is 11.6 Å². The third-order valence-electron chi connectivity index (χ3n) is 0.733. The van der Waals surface area contributed by atoms with Crippen LogP contribution in [0.2, 0.25) is 5.02 Å². The van der Waals surface area contributed by atoms with Gasteiger partial charge in [-0.3, -0.25) is 0 Å². The number of rotatable bonds is 0. The second kappa shape index (κ2) is 6.03. The molecule has 0 aliphatic heterocycles. The number of hydrogen-bond donors (Lipinski definition) is 0. The zero-order valence-corrected chi connectivity index (χ0v) is 7.14. The molecular formula is C6H10ClOP. The van der Waals surface area contributed by atoms with Gasteiger partial charge in [-0.1, -0.05) is 29.8 Å². The highest BCUT2D eigenvalue weighted by atomic mass is 35.5. The minimum Gasteiger partial charge on any atom is -0.412 e. The summed E-state index contributed by atoms with van der Waals surface area (Å²) < 4.78 is 0. The van der Waals surface area contributed by atoms with Gasteiger partial charge in [0.15, 0.2) is 0 Å². The Balaban J connectivity index is 0. The van der Waals surface area contributed by atoms with Crippen LogP contribution in [0.25, 0.3) is 0 Å². The van der Waals surface area contributed by atoms with Crippen molar-refractivity contribution in [3.05, 3.63) is 35.4 Å². The largest absolute Gasteiger partial charge is 0.412 e. The fraction of sp³-hybridized carbons (Fsp3) is 0. The van der Waals surface area contributed by atoms with Gasteiger partial charge in [0.2, 0.25) is 0 Å². The molecule has 3 heteroatoms. The first-order chi connectivity index (χ1) is 3.39. The molecule has 0 aromatic heterocycles. The first-order valence-electron chi connectivity index (χ1n) is 2.10. The van der Waals surface area contributed by atoms with Crippen LogP contribution < -0.4 is 0 Å². The number of hydrogen-bond acceptors (Lipinski definition) is 0. The summed E-state index contributed by atoms with van der Waals surface area (Å²) >= 11 is 5.54. The third kappa shape index (κ3) is 4.41. The van der Waals surface area contributed by atoms with Crippen LogP contribution in [0.3, 0.4) is 0 Å². The Hall–Kier alpha value is -0.100. The van der Waals surface area contributed by atoms with Gasteiger partial charge in [-0.25, -0.2) is 0 Å². The van der Waals surface area contributed by atoms with Crippen LogP contribution in [-0.4, -0.2) is 5.48 Å². The van der Waals surface area contributed by atoms with Crippen molar-refractivity contribution in [3.63, 3.8) is 0 Å². The smallest absolute Gasteiger partial charge is 0.0405 e. The van der Waals surface area contributed by atoms with E-state index in [0.717, 1.165) is 5.02 Å². The maximum absolute atomic E-state index is 5.54. The van der Waals surface area contributed by atoms with Crippen molar-refractivity contribution in [1.29, 1.82) is 0 Å². The minimum atomic E-state index is 0. The van der Waals surface area contributed by atoms with Crippen molar-refractivity contribution < 1.29 is 5.48 Å². The van der Waals surface area contributed by atoms with E-state index in [1.165, 1.54) is 0 Å². The summed E-state index contributed by atoms with van der Waals surface area (Å²) in [4.78, 5) is 0. The fourth-order valence-corrected chi connectivity index (χ4v) is 0.560. The van der Waals surface area contributed by atoms with E-state index in [9.17, 15) is 0 Å². The highest BCUT2D eigenvalue weighted by molar-refractivity contribution is 6.92. The molecule has 1 unspecified atom stereocenters. The molecule has 0 fully saturated rings. The molecule has 1 aromatic carbocycles. The molecule has 0 amide bonds. The maximum Gasteiger partial charge on any atom is 0.0405 e. The van der Waals surface area contributed by atoms with E-state index in [-0.39, 0.29) is 15.4 Å². The molecule has 0 aliphatic rings. The monoisotopic (exact) mass is 164 g/mol. The second-order valence-electron chi connectivity index (χ2n) is 1.30. The van der Waals surface area contributed by atoms with Gasteiger partial charge in [0, 0.05) is 5.02 Å². The van der Waals surface area contributed by atoms with Gasteiger partial charge in [0.1, 0.15) is 0 Å². The molecule has 0 bridgehead atoms. The summed E-state index contributed by atoms with van der Waals surface area (Å²) in [7, 11) is 0. The number of halogens is 1. The summed E-state index contributed by atoms with van der Waals surface area (Å²) in [5.41, 5.74) is 0. The zero-order valence-electron chi connectivity index (χ0n) is 4.97. The van der Waals surface area contributed by atoms with Gasteiger partial charge in [-0.15, -0.1) is 0 Å². The average molecular weight is 165 g/mol. The van der Waals surface area contributed by atoms with Crippen molar-refractivity contribution in [1.82, 2.24) is 0 Å². The van der Waals surface area contributed by atoms with Gasteiger partial charge < -0.3 is 5.48 Å². The fourth-order valence-electron chi connectivity index (χ4n) is 0.415. The molecule has 0 saturated carbocycles. The van der Waals surface area contributed by atoms with Crippen molar-refractivity contribution in [2.45, 2.75) is 0 Å². The molecule has 0 radical (unpaired) electrons. The van der Waals surface area contributed by atoms with Crippen molar-refractivity contribution in [2.75, 3.05) is 0 Å². The van der Waals surface area contributed by atoms with Gasteiger partial charge in [0.05, 0.1) is 0 Å². The third-order valence-corrected chi connectivity index (χ3v) is 0.985. The SMILES string of the molecule is Clc1ccccc1.O.P. The quantitative estimate of drug-likeness (QED) is 0.522. The van der Waals surface area contributed by atoms with Crippen LogP contribution in [0.5, 0.6) is 0 Å². The highest BCUT2D eigenvalue weighted by Gasteiger charge is 1.74. The standard InChI is InChI=1S/C6H5Cl.H2O.H3P/c7-6-4-2-1-3-5-6;;/h1-5H;1H2;1H3. The Labute approximate surface area is 63.0 Å². The van der Waals surface area contributed by atoms with Crippen LogP contribution in [0.15, 0.2) is 30.3 Å². The van der Waals surface area contributed by atoms with E-state index in [1.807, 2.05) is 30.3 Å². The molecule has 2 N–H and O–H groups in total. The van der Waals surface area contributed by atoms with Crippen molar-refractivity contribution in [3.8, 4) is 0 Å². The summed E-state index contributed by atoms with van der Waals surface area (Å²) in [5.74, 6) is 0. The minimum absolute atomic E-state index is 0. The Morgan fingerprint density at radius 1 is 1.00 bits per heavy atom. The lowest BCUT2D eigenvalue weighted by Crippen LogP contribution is -1.55. The normalized spacial score (nSPS) is 6.78. The summed E-state index contributed by atoms with van der Waals surface area (Å²) in [6.45, 7) is 0. The second-order valence-corrected chi connectivity index (χ2v) is 1.73. The molecular weight excluding hydrogens is 154 g/mol. The van der Waals surface area contributed by atoms with Crippen LogP contribution in [-0.2, 0) is 0 Å². The Kier molecular flexibility index (Phi) is 7.81. The Morgan fingerprint density at radius 3 is 1.67 bits per heavy atom. The first kappa shape index (κ1) is 11.7. The van der Waals surface area contributed by atoms with Crippen LogP contribution in [0.1, 0.15) is 0 Å². The predicted octanol–water partition coefficient (Wildman–Crippen LogP) is 1.57. The lowest BCUT2D eigenvalue weighted by atomic mass is 10.4. The van der Waals surface area contributed by atoms with Crippen LogP contribution >= 0.6 is 21.5 Å². The Morgan fingerprint density at radius 2 is 1.44 bits per heavy atom. The average Bonchev–Trinajstić information content (AvgIpc) is 1.69. The van der Waals surface area contributed by atoms with Gasteiger partial charge in [0.25, 0.3) is 0 Å². The topological polar surface area (TPSA) is 31.5 Å². The van der Waals surface area contributed by atoms with Crippen molar-refractivity contribution in [2.24, 2.45) is 0 Å². The van der Waals surface area contributed by atoms with Gasteiger partial charge in [-0.2, -0.15) is 9.90 Å².